The zero-order valence-electron chi connectivity index (χ0n) is 15.1. The summed E-state index contributed by atoms with van der Waals surface area (Å²) in [5.41, 5.74) is 0. The Morgan fingerprint density at radius 2 is 1.63 bits per heavy atom. The molecule has 2 aromatic rings. The van der Waals surface area contributed by atoms with Crippen LogP contribution in [0.3, 0.4) is 0 Å². The highest BCUT2D eigenvalue weighted by Crippen LogP contribution is 2.37. The van der Waals surface area contributed by atoms with Crippen LogP contribution in [0.4, 0.5) is 8.78 Å². The molecule has 0 saturated heterocycles. The lowest BCUT2D eigenvalue weighted by Crippen LogP contribution is -2.08. The fraction of sp³-hybridized carbons (Fsp3) is 0.263. The summed E-state index contributed by atoms with van der Waals surface area (Å²) < 4.78 is 46.7. The summed E-state index contributed by atoms with van der Waals surface area (Å²) in [6.07, 6.45) is 1.91. The van der Waals surface area contributed by atoms with Gasteiger partial charge in [0.1, 0.15) is 16.8 Å². The first kappa shape index (κ1) is 25.1. The molecule has 0 spiro atoms. The van der Waals surface area contributed by atoms with Gasteiger partial charge in [0.2, 0.25) is 0 Å². The second-order valence-corrected chi connectivity index (χ2v) is 8.28. The minimum atomic E-state index is -2.95. The van der Waals surface area contributed by atoms with E-state index >= 15 is 0 Å². The van der Waals surface area contributed by atoms with Crippen molar-refractivity contribution in [3.63, 3.8) is 0 Å². The van der Waals surface area contributed by atoms with E-state index in [4.69, 9.17) is 60.6 Å². The van der Waals surface area contributed by atoms with Gasteiger partial charge in [-0.1, -0.05) is 62.3 Å². The number of alkyl halides is 2. The first-order chi connectivity index (χ1) is 14.3. The van der Waals surface area contributed by atoms with Gasteiger partial charge in [-0.05, 0) is 24.3 Å². The van der Waals surface area contributed by atoms with Crippen molar-refractivity contribution in [3.05, 3.63) is 55.4 Å². The molecule has 2 rings (SSSR count). The van der Waals surface area contributed by atoms with E-state index in [1.807, 2.05) is 0 Å². The van der Waals surface area contributed by atoms with Crippen molar-refractivity contribution in [2.75, 3.05) is 19.8 Å². The minimum absolute atomic E-state index is 0.0627. The van der Waals surface area contributed by atoms with Gasteiger partial charge in [-0.25, -0.2) is 0 Å². The lowest BCUT2D eigenvalue weighted by atomic mass is 10.3. The summed E-state index contributed by atoms with van der Waals surface area (Å²) in [7, 11) is 0. The molecule has 0 atom stereocenters. The van der Waals surface area contributed by atoms with Crippen molar-refractivity contribution in [3.8, 4) is 23.0 Å². The zero-order chi connectivity index (χ0) is 22.1. The number of halogens is 7. The summed E-state index contributed by atoms with van der Waals surface area (Å²) in [4.78, 5) is 0. The monoisotopic (exact) mass is 564 g/mol. The van der Waals surface area contributed by atoms with Crippen LogP contribution >= 0.6 is 62.3 Å². The van der Waals surface area contributed by atoms with Crippen molar-refractivity contribution in [1.82, 2.24) is 0 Å². The molecule has 164 valence electrons. The first-order valence-corrected chi connectivity index (χ1v) is 10.7. The number of rotatable bonds is 11. The fourth-order valence-electron chi connectivity index (χ4n) is 2.16. The van der Waals surface area contributed by atoms with E-state index in [1.54, 1.807) is 18.2 Å². The molecule has 30 heavy (non-hydrogen) atoms. The van der Waals surface area contributed by atoms with Crippen LogP contribution in [0.25, 0.3) is 0 Å². The van der Waals surface area contributed by atoms with Gasteiger partial charge in [-0.2, -0.15) is 8.78 Å². The van der Waals surface area contributed by atoms with Crippen LogP contribution in [0.1, 0.15) is 6.42 Å². The van der Waals surface area contributed by atoms with E-state index in [9.17, 15) is 8.78 Å². The quantitative estimate of drug-likeness (QED) is 0.259. The van der Waals surface area contributed by atoms with Crippen molar-refractivity contribution >= 4 is 62.3 Å². The Hall–Kier alpha value is -1.12. The molecule has 0 bridgehead atoms. The lowest BCUT2D eigenvalue weighted by molar-refractivity contribution is -0.0515. The molecule has 0 aliphatic heterocycles. The molecule has 0 heterocycles. The standard InChI is InChI=1S/C19H15BrCl4F2O4/c20-11-2-3-15(16(8-11)30-19(25)26)28-5-1-6-29-18-13(21)9-12(10-14(18)22)27-7-4-17(23)24/h2-4,8-10,19H,1,5-7H2. The topological polar surface area (TPSA) is 36.9 Å². The summed E-state index contributed by atoms with van der Waals surface area (Å²) in [6, 6.07) is 7.68. The molecular formula is C19H15BrCl4F2O4. The van der Waals surface area contributed by atoms with Crippen molar-refractivity contribution < 1.29 is 27.7 Å². The zero-order valence-corrected chi connectivity index (χ0v) is 19.8. The molecule has 0 aliphatic rings. The molecule has 2 aromatic carbocycles. The normalized spacial score (nSPS) is 10.7. The molecule has 0 fully saturated rings. The van der Waals surface area contributed by atoms with E-state index in [0.29, 0.717) is 22.4 Å². The highest BCUT2D eigenvalue weighted by molar-refractivity contribution is 9.10. The van der Waals surface area contributed by atoms with Crippen LogP contribution in [0, 0.1) is 0 Å². The van der Waals surface area contributed by atoms with Gasteiger partial charge in [0.25, 0.3) is 0 Å². The molecule has 11 heteroatoms. The maximum atomic E-state index is 12.5. The Morgan fingerprint density at radius 1 is 0.967 bits per heavy atom. The van der Waals surface area contributed by atoms with Gasteiger partial charge in [0, 0.05) is 23.0 Å². The third kappa shape index (κ3) is 8.55. The van der Waals surface area contributed by atoms with E-state index in [0.717, 1.165) is 0 Å². The maximum absolute atomic E-state index is 12.5. The van der Waals surface area contributed by atoms with Gasteiger partial charge < -0.3 is 18.9 Å². The van der Waals surface area contributed by atoms with E-state index in [1.165, 1.54) is 18.2 Å². The van der Waals surface area contributed by atoms with Crippen LogP contribution in [0.5, 0.6) is 23.0 Å². The number of hydrogen-bond acceptors (Lipinski definition) is 4. The smallest absolute Gasteiger partial charge is 0.387 e. The fourth-order valence-corrected chi connectivity index (χ4v) is 3.21. The Balaban J connectivity index is 1.85. The van der Waals surface area contributed by atoms with Gasteiger partial charge in [0.15, 0.2) is 17.2 Å². The summed E-state index contributed by atoms with van der Waals surface area (Å²) in [5, 5.41) is 0.528. The van der Waals surface area contributed by atoms with Crippen molar-refractivity contribution in [2.24, 2.45) is 0 Å². The minimum Gasteiger partial charge on any atom is -0.490 e. The predicted octanol–water partition coefficient (Wildman–Crippen LogP) is 7.90. The number of ether oxygens (including phenoxy) is 4. The van der Waals surface area contributed by atoms with Crippen LogP contribution in [-0.4, -0.2) is 26.4 Å². The highest BCUT2D eigenvalue weighted by atomic mass is 79.9. The molecule has 0 aromatic heterocycles. The van der Waals surface area contributed by atoms with Gasteiger partial charge in [-0.3, -0.25) is 0 Å². The summed E-state index contributed by atoms with van der Waals surface area (Å²) in [5.74, 6) is 0.852. The molecule has 4 nitrogen and oxygen atoms in total. The molecule has 0 saturated carbocycles. The Bertz CT molecular complexity index is 857. The van der Waals surface area contributed by atoms with Gasteiger partial charge >= 0.3 is 6.61 Å². The number of hydrogen-bond donors (Lipinski definition) is 0. The van der Waals surface area contributed by atoms with Crippen LogP contribution in [-0.2, 0) is 0 Å². The number of benzene rings is 2. The van der Waals surface area contributed by atoms with Crippen LogP contribution < -0.4 is 18.9 Å². The molecule has 0 N–H and O–H groups in total. The van der Waals surface area contributed by atoms with Crippen molar-refractivity contribution in [2.45, 2.75) is 13.0 Å². The Kier molecular flexibility index (Phi) is 10.6. The first-order valence-electron chi connectivity index (χ1n) is 8.39. The third-order valence-electron chi connectivity index (χ3n) is 3.37. The summed E-state index contributed by atoms with van der Waals surface area (Å²) in [6.45, 7) is -2.38. The van der Waals surface area contributed by atoms with Gasteiger partial charge in [0.05, 0.1) is 23.3 Å². The van der Waals surface area contributed by atoms with E-state index < -0.39 is 6.61 Å². The lowest BCUT2D eigenvalue weighted by Gasteiger charge is -2.14. The van der Waals surface area contributed by atoms with E-state index in [2.05, 4.69) is 20.7 Å². The van der Waals surface area contributed by atoms with Crippen LogP contribution in [0.2, 0.25) is 10.0 Å². The second-order valence-electron chi connectivity index (χ2n) is 5.54. The molecule has 0 radical (unpaired) electrons. The average molecular weight is 567 g/mol. The second kappa shape index (κ2) is 12.7. The molecule has 0 unspecified atom stereocenters. The van der Waals surface area contributed by atoms with Crippen LogP contribution in [0.15, 0.2) is 45.4 Å². The average Bonchev–Trinajstić information content (AvgIpc) is 2.64. The van der Waals surface area contributed by atoms with Crippen molar-refractivity contribution in [1.29, 1.82) is 0 Å². The Labute approximate surface area is 200 Å². The largest absolute Gasteiger partial charge is 0.490 e. The van der Waals surface area contributed by atoms with E-state index in [-0.39, 0.29) is 45.9 Å². The Morgan fingerprint density at radius 3 is 2.27 bits per heavy atom. The third-order valence-corrected chi connectivity index (χ3v) is 4.74. The molecule has 0 aliphatic carbocycles. The summed E-state index contributed by atoms with van der Waals surface area (Å²) >= 11 is 26.6. The highest BCUT2D eigenvalue weighted by Gasteiger charge is 2.13. The molecular weight excluding hydrogens is 552 g/mol. The molecule has 0 amide bonds. The predicted molar refractivity (Wildman–Crippen MR) is 118 cm³/mol. The van der Waals surface area contributed by atoms with Gasteiger partial charge in [-0.15, -0.1) is 0 Å². The maximum Gasteiger partial charge on any atom is 0.387 e. The SMILES string of the molecule is FC(F)Oc1cc(Br)ccc1OCCCOc1c(Cl)cc(OCC=C(Cl)Cl)cc1Cl.